The first-order valence-electron chi connectivity index (χ1n) is 10.7. The molecule has 0 bridgehead atoms. The van der Waals surface area contributed by atoms with Gasteiger partial charge in [0.05, 0.1) is 5.75 Å². The van der Waals surface area contributed by atoms with Gasteiger partial charge in [-0.1, -0.05) is 11.8 Å². The SMILES string of the molecule is CC(=O)c1ccc(NC(=O)CSc2nc(=O)n(CCCN(C)C)c3c2CCCC3)cc1. The number of rotatable bonds is 9. The smallest absolute Gasteiger partial charge is 0.325 e. The van der Waals surface area contributed by atoms with E-state index in [1.54, 1.807) is 24.3 Å². The third-order valence-corrected chi connectivity index (χ3v) is 6.37. The molecule has 0 atom stereocenters. The van der Waals surface area contributed by atoms with Crippen LogP contribution in [0, 0.1) is 0 Å². The zero-order chi connectivity index (χ0) is 22.4. The van der Waals surface area contributed by atoms with Gasteiger partial charge in [0.1, 0.15) is 5.03 Å². The summed E-state index contributed by atoms with van der Waals surface area (Å²) >= 11 is 1.32. The van der Waals surface area contributed by atoms with Crippen molar-refractivity contribution in [3.8, 4) is 0 Å². The molecule has 7 nitrogen and oxygen atoms in total. The highest BCUT2D eigenvalue weighted by atomic mass is 32.2. The molecule has 8 heteroatoms. The van der Waals surface area contributed by atoms with Gasteiger partial charge in [0.2, 0.25) is 5.91 Å². The van der Waals surface area contributed by atoms with Gasteiger partial charge in [-0.05, 0) is 83.9 Å². The molecular weight excluding hydrogens is 412 g/mol. The van der Waals surface area contributed by atoms with Crippen LogP contribution < -0.4 is 11.0 Å². The van der Waals surface area contributed by atoms with Crippen molar-refractivity contribution in [1.82, 2.24) is 14.5 Å². The second-order valence-electron chi connectivity index (χ2n) is 8.11. The Morgan fingerprint density at radius 1 is 1.16 bits per heavy atom. The van der Waals surface area contributed by atoms with E-state index in [1.807, 2.05) is 18.7 Å². The minimum absolute atomic E-state index is 0.0132. The molecule has 0 fully saturated rings. The fraction of sp³-hybridized carbons (Fsp3) is 0.478. The standard InChI is InChI=1S/C23H30N4O3S/c1-16(28)17-9-11-18(12-10-17)24-21(29)15-31-22-19-7-4-5-8-20(19)27(23(30)25-22)14-6-13-26(2)3/h9-12H,4-8,13-15H2,1-3H3,(H,24,29). The molecule has 31 heavy (non-hydrogen) atoms. The molecule has 1 aliphatic carbocycles. The number of thioether (sulfide) groups is 1. The lowest BCUT2D eigenvalue weighted by Crippen LogP contribution is -2.31. The van der Waals surface area contributed by atoms with Crippen molar-refractivity contribution in [3.05, 3.63) is 51.6 Å². The fourth-order valence-electron chi connectivity index (χ4n) is 3.76. The highest BCUT2D eigenvalue weighted by Gasteiger charge is 2.21. The molecule has 0 saturated carbocycles. The number of hydrogen-bond donors (Lipinski definition) is 1. The monoisotopic (exact) mass is 442 g/mol. The summed E-state index contributed by atoms with van der Waals surface area (Å²) in [5, 5.41) is 3.52. The number of amides is 1. The van der Waals surface area contributed by atoms with Crippen LogP contribution in [0.15, 0.2) is 34.1 Å². The number of carbonyl (C=O) groups excluding carboxylic acids is 2. The molecule has 1 aromatic heterocycles. The summed E-state index contributed by atoms with van der Waals surface area (Å²) in [5.41, 5.74) is 3.24. The summed E-state index contributed by atoms with van der Waals surface area (Å²) in [6.07, 6.45) is 4.83. The molecule has 0 saturated heterocycles. The zero-order valence-corrected chi connectivity index (χ0v) is 19.3. The maximum Gasteiger partial charge on any atom is 0.348 e. The Morgan fingerprint density at radius 2 is 1.87 bits per heavy atom. The van der Waals surface area contributed by atoms with Crippen LogP contribution in [0.4, 0.5) is 5.69 Å². The number of benzene rings is 1. The lowest BCUT2D eigenvalue weighted by Gasteiger charge is -2.23. The van der Waals surface area contributed by atoms with Crippen molar-refractivity contribution in [2.45, 2.75) is 50.6 Å². The van der Waals surface area contributed by atoms with Crippen molar-refractivity contribution in [1.29, 1.82) is 0 Å². The lowest BCUT2D eigenvalue weighted by atomic mass is 9.97. The van der Waals surface area contributed by atoms with Crippen LogP contribution in [0.2, 0.25) is 0 Å². The molecule has 0 radical (unpaired) electrons. The third kappa shape index (κ3) is 6.27. The molecule has 0 aliphatic heterocycles. The zero-order valence-electron chi connectivity index (χ0n) is 18.4. The Balaban J connectivity index is 1.68. The summed E-state index contributed by atoms with van der Waals surface area (Å²) in [6.45, 7) is 3.10. The molecule has 1 amide bonds. The van der Waals surface area contributed by atoms with E-state index in [0.29, 0.717) is 22.8 Å². The van der Waals surface area contributed by atoms with Gasteiger partial charge >= 0.3 is 5.69 Å². The van der Waals surface area contributed by atoms with Gasteiger partial charge in [0, 0.05) is 29.1 Å². The largest absolute Gasteiger partial charge is 0.348 e. The molecule has 3 rings (SSSR count). The van der Waals surface area contributed by atoms with Gasteiger partial charge < -0.3 is 10.2 Å². The third-order valence-electron chi connectivity index (χ3n) is 5.35. The molecule has 1 aliphatic rings. The Labute approximate surface area is 187 Å². The Bertz CT molecular complexity index is 999. The van der Waals surface area contributed by atoms with Crippen molar-refractivity contribution in [2.75, 3.05) is 31.7 Å². The van der Waals surface area contributed by atoms with Crippen LogP contribution in [0.25, 0.3) is 0 Å². The normalized spacial score (nSPS) is 13.2. The summed E-state index contributed by atoms with van der Waals surface area (Å²) in [4.78, 5) is 42.9. The first-order valence-corrected chi connectivity index (χ1v) is 11.6. The number of aromatic nitrogens is 2. The highest BCUT2D eigenvalue weighted by Crippen LogP contribution is 2.28. The topological polar surface area (TPSA) is 84.3 Å². The Kier molecular flexibility index (Phi) is 8.03. The van der Waals surface area contributed by atoms with Crippen LogP contribution >= 0.6 is 11.8 Å². The van der Waals surface area contributed by atoms with E-state index in [4.69, 9.17) is 0 Å². The van der Waals surface area contributed by atoms with E-state index >= 15 is 0 Å². The minimum atomic E-state index is -0.220. The summed E-state index contributed by atoms with van der Waals surface area (Å²) in [5.74, 6) is 0.000614. The molecule has 1 N–H and O–H groups in total. The van der Waals surface area contributed by atoms with Gasteiger partial charge in [0.25, 0.3) is 0 Å². The van der Waals surface area contributed by atoms with E-state index in [2.05, 4.69) is 15.2 Å². The number of ketones is 1. The number of fused-ring (bicyclic) bond motifs is 1. The van der Waals surface area contributed by atoms with Crippen LogP contribution in [-0.4, -0.2) is 52.5 Å². The molecular formula is C23H30N4O3S. The molecule has 1 heterocycles. The molecule has 1 aromatic carbocycles. The van der Waals surface area contributed by atoms with E-state index in [0.717, 1.165) is 49.9 Å². The van der Waals surface area contributed by atoms with E-state index < -0.39 is 0 Å². The molecule has 166 valence electrons. The average molecular weight is 443 g/mol. The van der Waals surface area contributed by atoms with Crippen molar-refractivity contribution in [2.24, 2.45) is 0 Å². The predicted octanol–water partition coefficient (Wildman–Crippen LogP) is 3.01. The summed E-state index contributed by atoms with van der Waals surface area (Å²) in [7, 11) is 4.05. The van der Waals surface area contributed by atoms with Crippen molar-refractivity contribution < 1.29 is 9.59 Å². The van der Waals surface area contributed by atoms with Crippen LogP contribution in [-0.2, 0) is 24.2 Å². The number of carbonyl (C=O) groups is 2. The van der Waals surface area contributed by atoms with Crippen LogP contribution in [0.3, 0.4) is 0 Å². The Morgan fingerprint density at radius 3 is 2.55 bits per heavy atom. The van der Waals surface area contributed by atoms with Crippen molar-refractivity contribution >= 4 is 29.1 Å². The van der Waals surface area contributed by atoms with Gasteiger partial charge in [-0.25, -0.2) is 4.79 Å². The highest BCUT2D eigenvalue weighted by molar-refractivity contribution is 8.00. The van der Waals surface area contributed by atoms with Gasteiger partial charge in [-0.15, -0.1) is 0 Å². The first-order chi connectivity index (χ1) is 14.8. The summed E-state index contributed by atoms with van der Waals surface area (Å²) < 4.78 is 1.83. The van der Waals surface area contributed by atoms with E-state index in [-0.39, 0.29) is 23.1 Å². The number of hydrogen-bond acceptors (Lipinski definition) is 6. The lowest BCUT2D eigenvalue weighted by molar-refractivity contribution is -0.113. The van der Waals surface area contributed by atoms with E-state index in [1.165, 1.54) is 18.7 Å². The Hall–Kier alpha value is -2.45. The maximum atomic E-state index is 12.7. The van der Waals surface area contributed by atoms with Gasteiger partial charge in [0.15, 0.2) is 5.78 Å². The number of nitrogens with zero attached hydrogens (tertiary/aromatic N) is 3. The summed E-state index contributed by atoms with van der Waals surface area (Å²) in [6, 6.07) is 6.82. The number of anilines is 1. The predicted molar refractivity (Wildman–Crippen MR) is 124 cm³/mol. The minimum Gasteiger partial charge on any atom is -0.325 e. The molecule has 0 unspecified atom stereocenters. The second-order valence-corrected chi connectivity index (χ2v) is 9.07. The van der Waals surface area contributed by atoms with E-state index in [9.17, 15) is 14.4 Å². The van der Waals surface area contributed by atoms with Crippen LogP contribution in [0.5, 0.6) is 0 Å². The van der Waals surface area contributed by atoms with Crippen LogP contribution in [0.1, 0.15) is 47.8 Å². The number of Topliss-reactive ketones (excluding diaryl/α,β-unsaturated/α-hetero) is 1. The fourth-order valence-corrected chi connectivity index (χ4v) is 4.64. The van der Waals surface area contributed by atoms with Crippen molar-refractivity contribution in [3.63, 3.8) is 0 Å². The maximum absolute atomic E-state index is 12.7. The quantitative estimate of drug-likeness (QED) is 0.365. The van der Waals surface area contributed by atoms with Gasteiger partial charge in [-0.2, -0.15) is 4.98 Å². The molecule has 0 spiro atoms. The van der Waals surface area contributed by atoms with Gasteiger partial charge in [-0.3, -0.25) is 14.2 Å². The average Bonchev–Trinajstić information content (AvgIpc) is 2.74. The second kappa shape index (κ2) is 10.7. The molecule has 2 aromatic rings. The number of nitrogens with one attached hydrogen (secondary N) is 1. The first kappa shape index (κ1) is 23.2.